The first-order chi connectivity index (χ1) is 17.4. The van der Waals surface area contributed by atoms with Gasteiger partial charge in [0, 0.05) is 18.1 Å². The predicted octanol–water partition coefficient (Wildman–Crippen LogP) is 4.73. The van der Waals surface area contributed by atoms with Crippen LogP contribution in [0.4, 0.5) is 5.69 Å². The van der Waals surface area contributed by atoms with Crippen LogP contribution in [0.15, 0.2) is 76.1 Å². The van der Waals surface area contributed by atoms with E-state index in [-0.39, 0.29) is 17.3 Å². The van der Waals surface area contributed by atoms with E-state index in [9.17, 15) is 18.0 Å². The molecule has 0 fully saturated rings. The molecule has 0 heterocycles. The van der Waals surface area contributed by atoms with Gasteiger partial charge in [0.1, 0.15) is 12.6 Å². The topological polar surface area (TPSA) is 86.8 Å². The average molecular weight is 587 g/mol. The summed E-state index contributed by atoms with van der Waals surface area (Å²) >= 11 is 3.44. The van der Waals surface area contributed by atoms with E-state index in [0.717, 1.165) is 31.0 Å². The molecule has 196 valence electrons. The fourth-order valence-electron chi connectivity index (χ4n) is 3.98. The Balaban J connectivity index is 2.08. The predicted molar refractivity (Wildman–Crippen MR) is 150 cm³/mol. The van der Waals surface area contributed by atoms with Gasteiger partial charge < -0.3 is 10.2 Å². The van der Waals surface area contributed by atoms with Crippen LogP contribution in [-0.2, 0) is 26.2 Å². The summed E-state index contributed by atoms with van der Waals surface area (Å²) in [7, 11) is -2.59. The lowest BCUT2D eigenvalue weighted by Crippen LogP contribution is -2.50. The van der Waals surface area contributed by atoms with Gasteiger partial charge in [-0.05, 0) is 74.7 Å². The van der Waals surface area contributed by atoms with Gasteiger partial charge in [-0.2, -0.15) is 0 Å². The number of likely N-dealkylation sites (N-methyl/N-ethyl adjacent to an activating group) is 1. The molecular formula is C28H32BrN3O4S. The first kappa shape index (κ1) is 28.4. The number of carbonyl (C=O) groups is 2. The number of benzene rings is 3. The SMILES string of the molecule is CNC(=O)C(C)N(Cc1cccc(Br)c1)C(=O)CN(c1cccc(C)c1C)S(=O)(=O)c1ccc(C)cc1. The largest absolute Gasteiger partial charge is 0.357 e. The molecule has 0 bridgehead atoms. The zero-order valence-corrected chi connectivity index (χ0v) is 24.1. The second kappa shape index (κ2) is 11.9. The Morgan fingerprint density at radius 1 is 0.973 bits per heavy atom. The third-order valence-corrected chi connectivity index (χ3v) is 8.66. The number of hydrogen-bond acceptors (Lipinski definition) is 4. The molecule has 2 amide bonds. The van der Waals surface area contributed by atoms with Gasteiger partial charge in [-0.25, -0.2) is 8.42 Å². The smallest absolute Gasteiger partial charge is 0.264 e. The first-order valence-corrected chi connectivity index (χ1v) is 14.1. The van der Waals surface area contributed by atoms with Crippen molar-refractivity contribution in [3.8, 4) is 0 Å². The van der Waals surface area contributed by atoms with Crippen LogP contribution >= 0.6 is 15.9 Å². The standard InChI is InChI=1S/C28H32BrN3O4S/c1-19-12-14-25(15-13-19)37(35,36)32(26-11-6-8-20(2)21(26)3)18-27(33)31(22(4)28(34)30-5)17-23-9-7-10-24(29)16-23/h6-16,22H,17-18H2,1-5H3,(H,30,34). The molecular weight excluding hydrogens is 554 g/mol. The van der Waals surface area contributed by atoms with Gasteiger partial charge in [-0.15, -0.1) is 0 Å². The third kappa shape index (κ3) is 6.59. The fourth-order valence-corrected chi connectivity index (χ4v) is 5.90. The molecule has 0 saturated heterocycles. The summed E-state index contributed by atoms with van der Waals surface area (Å²) in [6.45, 7) is 6.91. The monoisotopic (exact) mass is 585 g/mol. The highest BCUT2D eigenvalue weighted by atomic mass is 79.9. The van der Waals surface area contributed by atoms with Gasteiger partial charge in [0.15, 0.2) is 0 Å². The van der Waals surface area contributed by atoms with Crippen molar-refractivity contribution in [3.05, 3.63) is 93.5 Å². The summed E-state index contributed by atoms with van der Waals surface area (Å²) in [5, 5.41) is 2.59. The van der Waals surface area contributed by atoms with Gasteiger partial charge in [0.2, 0.25) is 11.8 Å². The summed E-state index contributed by atoms with van der Waals surface area (Å²) < 4.78 is 29.8. The number of carbonyl (C=O) groups excluding carboxylic acids is 2. The summed E-state index contributed by atoms with van der Waals surface area (Å²) in [6.07, 6.45) is 0. The van der Waals surface area contributed by atoms with Crippen LogP contribution in [-0.4, -0.2) is 44.8 Å². The number of aryl methyl sites for hydroxylation is 2. The van der Waals surface area contributed by atoms with Crippen LogP contribution in [0.5, 0.6) is 0 Å². The van der Waals surface area contributed by atoms with Gasteiger partial charge in [-0.1, -0.05) is 57.9 Å². The highest BCUT2D eigenvalue weighted by molar-refractivity contribution is 9.10. The normalized spacial score (nSPS) is 12.1. The van der Waals surface area contributed by atoms with Gasteiger partial charge in [-0.3, -0.25) is 13.9 Å². The highest BCUT2D eigenvalue weighted by Gasteiger charge is 2.33. The molecule has 3 rings (SSSR count). The van der Waals surface area contributed by atoms with E-state index in [0.29, 0.717) is 5.69 Å². The quantitative estimate of drug-likeness (QED) is 0.393. The third-order valence-electron chi connectivity index (χ3n) is 6.39. The lowest BCUT2D eigenvalue weighted by Gasteiger charge is -2.32. The van der Waals surface area contributed by atoms with Crippen LogP contribution in [0.1, 0.15) is 29.2 Å². The molecule has 37 heavy (non-hydrogen) atoms. The van der Waals surface area contributed by atoms with Crippen molar-refractivity contribution in [3.63, 3.8) is 0 Å². The Hall–Kier alpha value is -3.17. The van der Waals surface area contributed by atoms with Crippen LogP contribution < -0.4 is 9.62 Å². The summed E-state index contributed by atoms with van der Waals surface area (Å²) in [6, 6.07) is 18.5. The maximum atomic E-state index is 13.9. The molecule has 0 aliphatic carbocycles. The number of nitrogens with zero attached hydrogens (tertiary/aromatic N) is 2. The molecule has 0 aliphatic rings. The van der Waals surface area contributed by atoms with E-state index in [2.05, 4.69) is 21.2 Å². The molecule has 0 aromatic heterocycles. The Morgan fingerprint density at radius 2 is 1.62 bits per heavy atom. The molecule has 1 unspecified atom stereocenters. The molecule has 1 N–H and O–H groups in total. The van der Waals surface area contributed by atoms with Gasteiger partial charge >= 0.3 is 0 Å². The van der Waals surface area contributed by atoms with E-state index in [1.807, 2.05) is 51.1 Å². The van der Waals surface area contributed by atoms with Crippen LogP contribution in [0.25, 0.3) is 0 Å². The average Bonchev–Trinajstić information content (AvgIpc) is 2.87. The zero-order valence-electron chi connectivity index (χ0n) is 21.7. The Labute approximate surface area is 227 Å². The fraction of sp³-hybridized carbons (Fsp3) is 0.286. The molecule has 0 spiro atoms. The number of nitrogens with one attached hydrogen (secondary N) is 1. The second-order valence-electron chi connectivity index (χ2n) is 8.99. The van der Waals surface area contributed by atoms with Crippen molar-refractivity contribution in [2.24, 2.45) is 0 Å². The summed E-state index contributed by atoms with van der Waals surface area (Å²) in [4.78, 5) is 27.9. The van der Waals surface area contributed by atoms with Crippen molar-refractivity contribution >= 4 is 43.5 Å². The highest BCUT2D eigenvalue weighted by Crippen LogP contribution is 2.29. The van der Waals surface area contributed by atoms with Crippen molar-refractivity contribution in [1.82, 2.24) is 10.2 Å². The minimum Gasteiger partial charge on any atom is -0.357 e. The van der Waals surface area contributed by atoms with Gasteiger partial charge in [0.25, 0.3) is 10.0 Å². The minimum atomic E-state index is -4.09. The molecule has 0 saturated carbocycles. The zero-order chi connectivity index (χ0) is 27.3. The number of sulfonamides is 1. The van der Waals surface area contributed by atoms with E-state index in [1.54, 1.807) is 43.3 Å². The Morgan fingerprint density at radius 3 is 2.24 bits per heavy atom. The van der Waals surface area contributed by atoms with E-state index >= 15 is 0 Å². The number of halogens is 1. The lowest BCUT2D eigenvalue weighted by atomic mass is 10.1. The van der Waals surface area contributed by atoms with Crippen molar-refractivity contribution < 1.29 is 18.0 Å². The van der Waals surface area contributed by atoms with Crippen LogP contribution in [0.2, 0.25) is 0 Å². The molecule has 0 radical (unpaired) electrons. The molecule has 3 aromatic rings. The molecule has 9 heteroatoms. The molecule has 1 atom stereocenters. The van der Waals surface area contributed by atoms with Gasteiger partial charge in [0.05, 0.1) is 10.6 Å². The molecule has 3 aromatic carbocycles. The summed E-state index contributed by atoms with van der Waals surface area (Å²) in [5.74, 6) is -0.837. The van der Waals surface area contributed by atoms with Crippen molar-refractivity contribution in [2.75, 3.05) is 17.9 Å². The molecule has 7 nitrogen and oxygen atoms in total. The number of hydrogen-bond donors (Lipinski definition) is 1. The molecule has 0 aliphatic heterocycles. The Kier molecular flexibility index (Phi) is 9.15. The van der Waals surface area contributed by atoms with E-state index < -0.39 is 28.5 Å². The maximum absolute atomic E-state index is 13.9. The second-order valence-corrected chi connectivity index (χ2v) is 11.8. The summed E-state index contributed by atoms with van der Waals surface area (Å²) in [5.41, 5.74) is 3.80. The number of anilines is 1. The number of amides is 2. The van der Waals surface area contributed by atoms with Crippen LogP contribution in [0, 0.1) is 20.8 Å². The number of rotatable bonds is 9. The van der Waals surface area contributed by atoms with E-state index in [1.165, 1.54) is 11.9 Å². The Bertz CT molecular complexity index is 1390. The van der Waals surface area contributed by atoms with E-state index in [4.69, 9.17) is 0 Å². The minimum absolute atomic E-state index is 0.0877. The lowest BCUT2D eigenvalue weighted by molar-refractivity contribution is -0.139. The first-order valence-electron chi connectivity index (χ1n) is 11.9. The van der Waals surface area contributed by atoms with Crippen molar-refractivity contribution in [2.45, 2.75) is 45.2 Å². The maximum Gasteiger partial charge on any atom is 0.264 e. The van der Waals surface area contributed by atoms with Crippen molar-refractivity contribution in [1.29, 1.82) is 0 Å². The van der Waals surface area contributed by atoms with Crippen LogP contribution in [0.3, 0.4) is 0 Å².